The molecule has 1 aromatic carbocycles. The summed E-state index contributed by atoms with van der Waals surface area (Å²) >= 11 is 3.41. The van der Waals surface area contributed by atoms with Crippen LogP contribution in [0.3, 0.4) is 0 Å². The number of carbonyl (C=O) groups excluding carboxylic acids is 1. The van der Waals surface area contributed by atoms with Gasteiger partial charge in [0.2, 0.25) is 5.91 Å². The summed E-state index contributed by atoms with van der Waals surface area (Å²) in [5.74, 6) is 0.000763. The number of amides is 1. The first-order chi connectivity index (χ1) is 9.78. The Morgan fingerprint density at radius 3 is 2.76 bits per heavy atom. The highest BCUT2D eigenvalue weighted by Gasteiger charge is 2.31. The van der Waals surface area contributed by atoms with Crippen LogP contribution in [-0.2, 0) is 4.79 Å². The summed E-state index contributed by atoms with van der Waals surface area (Å²) < 4.78 is 0.801. The highest BCUT2D eigenvalue weighted by atomic mass is 79.9. The molecule has 1 aromatic rings. The van der Waals surface area contributed by atoms with Crippen molar-refractivity contribution in [2.45, 2.75) is 19.4 Å². The van der Waals surface area contributed by atoms with Crippen LogP contribution < -0.4 is 11.1 Å². The summed E-state index contributed by atoms with van der Waals surface area (Å²) in [7, 11) is 2.13. The summed E-state index contributed by atoms with van der Waals surface area (Å²) in [5.41, 5.74) is 7.21. The normalized spacial score (nSPS) is 19.4. The second-order valence-electron chi connectivity index (χ2n) is 6.23. The highest BCUT2D eigenvalue weighted by molar-refractivity contribution is 9.10. The van der Waals surface area contributed by atoms with Crippen molar-refractivity contribution in [3.63, 3.8) is 0 Å². The molecular weight excluding hydrogens is 332 g/mol. The highest BCUT2D eigenvalue weighted by Crippen LogP contribution is 2.25. The number of rotatable bonds is 3. The van der Waals surface area contributed by atoms with Crippen LogP contribution in [0, 0.1) is 0 Å². The maximum absolute atomic E-state index is 12.2. The van der Waals surface area contributed by atoms with Gasteiger partial charge in [-0.05, 0) is 55.0 Å². The molecule has 1 heterocycles. The Morgan fingerprint density at radius 2 is 2.14 bits per heavy atom. The molecule has 2 rings (SSSR count). The first-order valence-corrected chi connectivity index (χ1v) is 7.86. The minimum atomic E-state index is 0.000763. The first kappa shape index (κ1) is 16.3. The van der Waals surface area contributed by atoms with Crippen LogP contribution in [0.2, 0.25) is 0 Å². The van der Waals surface area contributed by atoms with E-state index in [2.05, 4.69) is 51.9 Å². The van der Waals surface area contributed by atoms with Crippen molar-refractivity contribution in [2.75, 3.05) is 44.3 Å². The molecule has 5 nitrogen and oxygen atoms in total. The number of carbonyl (C=O) groups is 1. The van der Waals surface area contributed by atoms with Gasteiger partial charge < -0.3 is 11.1 Å². The van der Waals surface area contributed by atoms with Crippen LogP contribution in [0.25, 0.3) is 0 Å². The van der Waals surface area contributed by atoms with E-state index in [1.807, 2.05) is 6.07 Å². The van der Waals surface area contributed by atoms with Crippen LogP contribution >= 0.6 is 15.9 Å². The number of hydrogen-bond donors (Lipinski definition) is 2. The van der Waals surface area contributed by atoms with E-state index >= 15 is 0 Å². The second kappa shape index (κ2) is 6.34. The molecule has 1 aliphatic heterocycles. The van der Waals surface area contributed by atoms with E-state index in [-0.39, 0.29) is 11.4 Å². The fourth-order valence-electron chi connectivity index (χ4n) is 2.50. The zero-order valence-electron chi connectivity index (χ0n) is 12.8. The maximum atomic E-state index is 12.2. The molecule has 1 aliphatic rings. The summed E-state index contributed by atoms with van der Waals surface area (Å²) in [4.78, 5) is 16.7. The summed E-state index contributed by atoms with van der Waals surface area (Å²) in [5, 5.41) is 2.93. The van der Waals surface area contributed by atoms with Crippen molar-refractivity contribution in [1.82, 2.24) is 9.80 Å². The van der Waals surface area contributed by atoms with Crippen LogP contribution in [-0.4, -0.2) is 54.5 Å². The average molecular weight is 355 g/mol. The Kier molecular flexibility index (Phi) is 4.91. The molecule has 0 aromatic heterocycles. The van der Waals surface area contributed by atoms with Crippen LogP contribution in [0.4, 0.5) is 11.4 Å². The van der Waals surface area contributed by atoms with E-state index in [0.717, 1.165) is 29.8 Å². The number of piperazine rings is 1. The molecule has 1 amide bonds. The van der Waals surface area contributed by atoms with Crippen molar-refractivity contribution in [3.8, 4) is 0 Å². The molecule has 6 heteroatoms. The van der Waals surface area contributed by atoms with Gasteiger partial charge in [0.25, 0.3) is 0 Å². The second-order valence-corrected chi connectivity index (χ2v) is 7.09. The van der Waals surface area contributed by atoms with Gasteiger partial charge in [-0.15, -0.1) is 0 Å². The third-order valence-corrected chi connectivity index (χ3v) is 4.69. The summed E-state index contributed by atoms with van der Waals surface area (Å²) in [6.07, 6.45) is 0. The summed E-state index contributed by atoms with van der Waals surface area (Å²) in [6, 6.07) is 5.37. The number of benzene rings is 1. The number of nitrogens with one attached hydrogen (secondary N) is 1. The quantitative estimate of drug-likeness (QED) is 0.815. The number of nitrogens with zero attached hydrogens (tertiary/aromatic N) is 2. The van der Waals surface area contributed by atoms with Gasteiger partial charge in [0.15, 0.2) is 0 Å². The zero-order chi connectivity index (χ0) is 15.6. The average Bonchev–Trinajstić information content (AvgIpc) is 2.37. The standard InChI is InChI=1S/C15H23BrN4O/c1-15(2)10-20(7-6-19(15)3)9-14(21)18-13-5-4-11(17)8-12(13)16/h4-5,8H,6-7,9-10,17H2,1-3H3,(H,18,21). The van der Waals surface area contributed by atoms with Crippen LogP contribution in [0.15, 0.2) is 22.7 Å². The molecule has 0 radical (unpaired) electrons. The molecule has 1 saturated heterocycles. The fraction of sp³-hybridized carbons (Fsp3) is 0.533. The molecule has 21 heavy (non-hydrogen) atoms. The van der Waals surface area contributed by atoms with Gasteiger partial charge in [0.05, 0.1) is 12.2 Å². The van der Waals surface area contributed by atoms with Gasteiger partial charge in [-0.2, -0.15) is 0 Å². The van der Waals surface area contributed by atoms with Crippen LogP contribution in [0.1, 0.15) is 13.8 Å². The smallest absolute Gasteiger partial charge is 0.238 e. The van der Waals surface area contributed by atoms with Crippen molar-refractivity contribution < 1.29 is 4.79 Å². The molecule has 1 fully saturated rings. The largest absolute Gasteiger partial charge is 0.399 e. The SMILES string of the molecule is CN1CCN(CC(=O)Nc2ccc(N)cc2Br)CC1(C)C. The Balaban J connectivity index is 1.93. The van der Waals surface area contributed by atoms with Gasteiger partial charge in [-0.1, -0.05) is 0 Å². The van der Waals surface area contributed by atoms with E-state index < -0.39 is 0 Å². The van der Waals surface area contributed by atoms with Crippen molar-refractivity contribution in [3.05, 3.63) is 22.7 Å². The Hall–Kier alpha value is -1.11. The molecular formula is C15H23BrN4O. The van der Waals surface area contributed by atoms with E-state index in [4.69, 9.17) is 5.73 Å². The molecule has 0 atom stereocenters. The van der Waals surface area contributed by atoms with Gasteiger partial charge in [-0.3, -0.25) is 14.6 Å². The molecule has 0 bridgehead atoms. The third-order valence-electron chi connectivity index (χ3n) is 4.03. The van der Waals surface area contributed by atoms with Gasteiger partial charge in [0.1, 0.15) is 0 Å². The number of anilines is 2. The molecule has 0 aliphatic carbocycles. The number of nitrogen functional groups attached to an aromatic ring is 1. The lowest BCUT2D eigenvalue weighted by atomic mass is 10.00. The van der Waals surface area contributed by atoms with Gasteiger partial charge >= 0.3 is 0 Å². The van der Waals surface area contributed by atoms with Crippen molar-refractivity contribution in [1.29, 1.82) is 0 Å². The topological polar surface area (TPSA) is 61.6 Å². The number of likely N-dealkylation sites (N-methyl/N-ethyl adjacent to an activating group) is 1. The molecule has 0 spiro atoms. The van der Waals surface area contributed by atoms with Gasteiger partial charge in [0, 0.05) is 35.3 Å². The Morgan fingerprint density at radius 1 is 1.43 bits per heavy atom. The predicted molar refractivity (Wildman–Crippen MR) is 90.3 cm³/mol. The predicted octanol–water partition coefficient (Wildman–Crippen LogP) is 2.00. The van der Waals surface area contributed by atoms with Crippen molar-refractivity contribution >= 4 is 33.2 Å². The fourth-order valence-corrected chi connectivity index (χ4v) is 3.00. The monoisotopic (exact) mass is 354 g/mol. The molecule has 0 unspecified atom stereocenters. The molecule has 0 saturated carbocycles. The van der Waals surface area contributed by atoms with E-state index in [1.54, 1.807) is 12.1 Å². The zero-order valence-corrected chi connectivity index (χ0v) is 14.4. The van der Waals surface area contributed by atoms with E-state index in [1.165, 1.54) is 0 Å². The first-order valence-electron chi connectivity index (χ1n) is 7.06. The number of nitrogens with two attached hydrogens (primary N) is 1. The van der Waals surface area contributed by atoms with Crippen LogP contribution in [0.5, 0.6) is 0 Å². The molecule has 116 valence electrons. The van der Waals surface area contributed by atoms with E-state index in [9.17, 15) is 4.79 Å². The lowest BCUT2D eigenvalue weighted by Crippen LogP contribution is -2.58. The minimum absolute atomic E-state index is 0.000763. The minimum Gasteiger partial charge on any atom is -0.399 e. The number of halogens is 1. The molecule has 3 N–H and O–H groups in total. The lowest BCUT2D eigenvalue weighted by molar-refractivity contribution is -0.118. The number of hydrogen-bond acceptors (Lipinski definition) is 4. The van der Waals surface area contributed by atoms with E-state index in [0.29, 0.717) is 12.2 Å². The third kappa shape index (κ3) is 4.18. The lowest BCUT2D eigenvalue weighted by Gasteiger charge is -2.45. The van der Waals surface area contributed by atoms with Crippen molar-refractivity contribution in [2.24, 2.45) is 0 Å². The Bertz CT molecular complexity index is 532. The van der Waals surface area contributed by atoms with Gasteiger partial charge in [-0.25, -0.2) is 0 Å². The Labute approximate surface area is 134 Å². The summed E-state index contributed by atoms with van der Waals surface area (Å²) in [6.45, 7) is 7.59. The maximum Gasteiger partial charge on any atom is 0.238 e.